The van der Waals surface area contributed by atoms with Gasteiger partial charge >= 0.3 is 0 Å². The largest absolute Gasteiger partial charge is 0.409 e. The van der Waals surface area contributed by atoms with Gasteiger partial charge < -0.3 is 15.8 Å². The maximum Gasteiger partial charge on any atom is 0.170 e. The molecule has 1 aromatic heterocycles. The van der Waals surface area contributed by atoms with E-state index < -0.39 is 0 Å². The van der Waals surface area contributed by atoms with Crippen LogP contribution in [0, 0.1) is 0 Å². The van der Waals surface area contributed by atoms with E-state index in [0.29, 0.717) is 5.56 Å². The molecule has 0 saturated heterocycles. The quantitative estimate of drug-likeness (QED) is 0.376. The molecule has 0 fully saturated rings. The van der Waals surface area contributed by atoms with Gasteiger partial charge in [0.25, 0.3) is 0 Å². The Morgan fingerprint density at radius 1 is 1.20 bits per heavy atom. The minimum absolute atomic E-state index is 0.121. The number of anilines is 1. The van der Waals surface area contributed by atoms with E-state index in [9.17, 15) is 0 Å². The second-order valence-corrected chi connectivity index (χ2v) is 4.56. The normalized spacial score (nSPS) is 11.3. The van der Waals surface area contributed by atoms with Gasteiger partial charge in [-0.15, -0.1) is 0 Å². The first-order valence-corrected chi connectivity index (χ1v) is 6.38. The lowest BCUT2D eigenvalue weighted by Gasteiger charge is -2.19. The van der Waals surface area contributed by atoms with Gasteiger partial charge in [0.05, 0.1) is 0 Å². The van der Waals surface area contributed by atoms with Gasteiger partial charge in [0.15, 0.2) is 5.84 Å². The van der Waals surface area contributed by atoms with Crippen LogP contribution < -0.4 is 10.6 Å². The molecule has 5 nitrogen and oxygen atoms in total. The van der Waals surface area contributed by atoms with Crippen LogP contribution in [0.5, 0.6) is 0 Å². The molecule has 0 radical (unpaired) electrons. The number of likely N-dealkylation sites (N-methyl/N-ethyl adjacent to an activating group) is 1. The molecule has 0 spiro atoms. The van der Waals surface area contributed by atoms with Gasteiger partial charge in [-0.1, -0.05) is 5.16 Å². The van der Waals surface area contributed by atoms with Crippen molar-refractivity contribution in [2.45, 2.75) is 6.42 Å². The first-order valence-electron chi connectivity index (χ1n) is 6.38. The molecule has 0 aliphatic heterocycles. The SMILES string of the molecule is CN(CCc1ccncc1)c1ccc(C(N)=NO)cc1. The Hall–Kier alpha value is -2.56. The van der Waals surface area contributed by atoms with Crippen molar-refractivity contribution >= 4 is 11.5 Å². The van der Waals surface area contributed by atoms with Crippen LogP contribution >= 0.6 is 0 Å². The molecule has 0 atom stereocenters. The van der Waals surface area contributed by atoms with Crippen LogP contribution in [0.3, 0.4) is 0 Å². The lowest BCUT2D eigenvalue weighted by molar-refractivity contribution is 0.318. The lowest BCUT2D eigenvalue weighted by atomic mass is 10.1. The van der Waals surface area contributed by atoms with Crippen molar-refractivity contribution in [2.75, 3.05) is 18.5 Å². The zero-order valence-corrected chi connectivity index (χ0v) is 11.4. The van der Waals surface area contributed by atoms with Gasteiger partial charge in [0.2, 0.25) is 0 Å². The second-order valence-electron chi connectivity index (χ2n) is 4.56. The molecule has 1 heterocycles. The summed E-state index contributed by atoms with van der Waals surface area (Å²) in [5, 5.41) is 11.6. The van der Waals surface area contributed by atoms with Crippen molar-refractivity contribution in [3.63, 3.8) is 0 Å². The van der Waals surface area contributed by atoms with Crippen LogP contribution in [-0.4, -0.2) is 29.6 Å². The number of pyridine rings is 1. The third-order valence-corrected chi connectivity index (χ3v) is 3.20. The number of oxime groups is 1. The highest BCUT2D eigenvalue weighted by Gasteiger charge is 2.03. The lowest BCUT2D eigenvalue weighted by Crippen LogP contribution is -2.20. The Morgan fingerprint density at radius 2 is 1.85 bits per heavy atom. The Labute approximate surface area is 118 Å². The predicted molar refractivity (Wildman–Crippen MR) is 80.2 cm³/mol. The number of hydrogen-bond donors (Lipinski definition) is 2. The topological polar surface area (TPSA) is 74.7 Å². The standard InChI is InChI=1S/C15H18N4O/c1-19(11-8-12-6-9-17-10-7-12)14-4-2-13(3-5-14)15(16)18-20/h2-7,9-10,20H,8,11H2,1H3,(H2,16,18). The summed E-state index contributed by atoms with van der Waals surface area (Å²) < 4.78 is 0. The molecule has 0 aliphatic carbocycles. The molecular formula is C15H18N4O. The van der Waals surface area contributed by atoms with Crippen LogP contribution in [0.25, 0.3) is 0 Å². The summed E-state index contributed by atoms with van der Waals surface area (Å²) in [5.74, 6) is 0.121. The maximum absolute atomic E-state index is 8.62. The fraction of sp³-hybridized carbons (Fsp3) is 0.200. The Kier molecular flexibility index (Phi) is 4.55. The molecule has 0 bridgehead atoms. The van der Waals surface area contributed by atoms with E-state index >= 15 is 0 Å². The zero-order valence-electron chi connectivity index (χ0n) is 11.4. The third-order valence-electron chi connectivity index (χ3n) is 3.20. The zero-order chi connectivity index (χ0) is 14.4. The Bertz CT molecular complexity index is 566. The van der Waals surface area contributed by atoms with E-state index in [-0.39, 0.29) is 5.84 Å². The number of nitrogens with two attached hydrogens (primary N) is 1. The van der Waals surface area contributed by atoms with Gasteiger partial charge in [0, 0.05) is 37.2 Å². The number of nitrogens with zero attached hydrogens (tertiary/aromatic N) is 3. The van der Waals surface area contributed by atoms with Crippen LogP contribution in [0.1, 0.15) is 11.1 Å². The first-order chi connectivity index (χ1) is 9.70. The van der Waals surface area contributed by atoms with Gasteiger partial charge in [0.1, 0.15) is 0 Å². The highest BCUT2D eigenvalue weighted by atomic mass is 16.4. The summed E-state index contributed by atoms with van der Waals surface area (Å²) in [6, 6.07) is 11.6. The monoisotopic (exact) mass is 270 g/mol. The van der Waals surface area contributed by atoms with E-state index in [1.54, 1.807) is 12.4 Å². The molecule has 0 unspecified atom stereocenters. The number of hydrogen-bond acceptors (Lipinski definition) is 4. The fourth-order valence-corrected chi connectivity index (χ4v) is 1.92. The van der Waals surface area contributed by atoms with Crippen LogP contribution in [0.4, 0.5) is 5.69 Å². The van der Waals surface area contributed by atoms with Crippen molar-refractivity contribution in [2.24, 2.45) is 10.9 Å². The average molecular weight is 270 g/mol. The van der Waals surface area contributed by atoms with Gasteiger partial charge in [-0.2, -0.15) is 0 Å². The van der Waals surface area contributed by atoms with E-state index in [1.165, 1.54) is 5.56 Å². The van der Waals surface area contributed by atoms with E-state index in [2.05, 4.69) is 15.0 Å². The van der Waals surface area contributed by atoms with Crippen LogP contribution in [0.2, 0.25) is 0 Å². The Balaban J connectivity index is 1.97. The van der Waals surface area contributed by atoms with E-state index in [0.717, 1.165) is 18.7 Å². The number of benzene rings is 1. The van der Waals surface area contributed by atoms with Crippen molar-refractivity contribution < 1.29 is 5.21 Å². The summed E-state index contributed by atoms with van der Waals surface area (Å²) in [5.41, 5.74) is 8.60. The summed E-state index contributed by atoms with van der Waals surface area (Å²) in [6.45, 7) is 0.910. The van der Waals surface area contributed by atoms with Crippen molar-refractivity contribution in [1.82, 2.24) is 4.98 Å². The molecule has 0 saturated carbocycles. The number of amidine groups is 1. The minimum Gasteiger partial charge on any atom is -0.409 e. The minimum atomic E-state index is 0.121. The van der Waals surface area contributed by atoms with Crippen molar-refractivity contribution in [3.8, 4) is 0 Å². The van der Waals surface area contributed by atoms with Crippen molar-refractivity contribution in [3.05, 3.63) is 59.9 Å². The molecule has 3 N–H and O–H groups in total. The molecule has 20 heavy (non-hydrogen) atoms. The summed E-state index contributed by atoms with van der Waals surface area (Å²) in [6.07, 6.45) is 4.57. The molecule has 2 rings (SSSR count). The number of aromatic nitrogens is 1. The predicted octanol–water partition coefficient (Wildman–Crippen LogP) is 1.85. The highest BCUT2D eigenvalue weighted by molar-refractivity contribution is 5.97. The molecule has 104 valence electrons. The van der Waals surface area contributed by atoms with Gasteiger partial charge in [-0.25, -0.2) is 0 Å². The summed E-state index contributed by atoms with van der Waals surface area (Å²) in [4.78, 5) is 6.17. The van der Waals surface area contributed by atoms with Crippen molar-refractivity contribution in [1.29, 1.82) is 0 Å². The van der Waals surface area contributed by atoms with Crippen LogP contribution in [0.15, 0.2) is 53.9 Å². The molecule has 1 aromatic carbocycles. The third kappa shape index (κ3) is 3.47. The average Bonchev–Trinajstić information content (AvgIpc) is 2.53. The first kappa shape index (κ1) is 13.9. The Morgan fingerprint density at radius 3 is 2.45 bits per heavy atom. The summed E-state index contributed by atoms with van der Waals surface area (Å²) >= 11 is 0. The smallest absolute Gasteiger partial charge is 0.170 e. The molecule has 0 aliphatic rings. The number of rotatable bonds is 5. The molecule has 0 amide bonds. The van der Waals surface area contributed by atoms with E-state index in [1.807, 2.05) is 43.4 Å². The maximum atomic E-state index is 8.62. The molecule has 5 heteroatoms. The molecule has 2 aromatic rings. The van der Waals surface area contributed by atoms with Gasteiger partial charge in [-0.3, -0.25) is 4.98 Å². The van der Waals surface area contributed by atoms with Crippen LogP contribution in [-0.2, 0) is 6.42 Å². The summed E-state index contributed by atoms with van der Waals surface area (Å²) in [7, 11) is 2.04. The molecular weight excluding hydrogens is 252 g/mol. The highest BCUT2D eigenvalue weighted by Crippen LogP contribution is 2.14. The fourth-order valence-electron chi connectivity index (χ4n) is 1.92. The van der Waals surface area contributed by atoms with E-state index in [4.69, 9.17) is 10.9 Å². The second kappa shape index (κ2) is 6.56. The van der Waals surface area contributed by atoms with Gasteiger partial charge in [-0.05, 0) is 48.4 Å².